The topological polar surface area (TPSA) is 59.4 Å². The summed E-state index contributed by atoms with van der Waals surface area (Å²) in [4.78, 5) is 0.641. The van der Waals surface area contributed by atoms with E-state index in [1.54, 1.807) is 17.5 Å². The highest BCUT2D eigenvalue weighted by Crippen LogP contribution is 2.46. The second-order valence-electron chi connectivity index (χ2n) is 4.57. The minimum Gasteiger partial charge on any atom is -0.504 e. The molecule has 0 spiro atoms. The molecule has 0 aliphatic heterocycles. The van der Waals surface area contributed by atoms with E-state index in [1.807, 2.05) is 0 Å². The summed E-state index contributed by atoms with van der Waals surface area (Å²) >= 11 is 1.33. The molecule has 3 N–H and O–H groups in total. The zero-order chi connectivity index (χ0) is 15.9. The van der Waals surface area contributed by atoms with E-state index in [0.29, 0.717) is 4.88 Å². The summed E-state index contributed by atoms with van der Waals surface area (Å²) in [6.45, 7) is 0. The molecule has 0 aliphatic rings. The van der Waals surface area contributed by atoms with Crippen molar-refractivity contribution in [2.75, 3.05) is 5.73 Å². The van der Waals surface area contributed by atoms with E-state index in [9.17, 15) is 18.3 Å². The van der Waals surface area contributed by atoms with Crippen molar-refractivity contribution in [1.82, 2.24) is 0 Å². The Labute approximate surface area is 127 Å². The van der Waals surface area contributed by atoms with Gasteiger partial charge in [-0.1, -0.05) is 18.2 Å². The van der Waals surface area contributed by atoms with E-state index in [4.69, 9.17) is 10.2 Å². The average molecular weight is 325 g/mol. The molecule has 0 bridgehead atoms. The van der Waals surface area contributed by atoms with Gasteiger partial charge in [0.05, 0.1) is 16.0 Å². The number of benzene rings is 1. The summed E-state index contributed by atoms with van der Waals surface area (Å²) in [6.07, 6.45) is -4.47. The zero-order valence-electron chi connectivity index (χ0n) is 11.0. The van der Waals surface area contributed by atoms with E-state index in [-0.39, 0.29) is 28.5 Å². The number of furan rings is 1. The van der Waals surface area contributed by atoms with E-state index < -0.39 is 11.7 Å². The summed E-state index contributed by atoms with van der Waals surface area (Å²) in [5.41, 5.74) is 5.13. The number of alkyl halides is 3. The number of nitrogen functional groups attached to an aromatic ring is 1. The Kier molecular flexibility index (Phi) is 3.37. The molecule has 2 aromatic heterocycles. The third-order valence-corrected chi connectivity index (χ3v) is 4.00. The average Bonchev–Trinajstić information content (AvgIpc) is 3.06. The van der Waals surface area contributed by atoms with Gasteiger partial charge in [0.1, 0.15) is 0 Å². The molecule has 7 heteroatoms. The lowest BCUT2D eigenvalue weighted by atomic mass is 10.0. The van der Waals surface area contributed by atoms with Crippen LogP contribution in [-0.4, -0.2) is 5.11 Å². The quantitative estimate of drug-likeness (QED) is 0.698. The Morgan fingerprint density at radius 1 is 1.14 bits per heavy atom. The van der Waals surface area contributed by atoms with Gasteiger partial charge in [-0.25, -0.2) is 0 Å². The predicted octanol–water partition coefficient (Wildman–Crippen LogP) is 4.98. The molecule has 1 aromatic carbocycles. The summed E-state index contributed by atoms with van der Waals surface area (Å²) < 4.78 is 43.7. The van der Waals surface area contributed by atoms with Gasteiger partial charge >= 0.3 is 6.18 Å². The van der Waals surface area contributed by atoms with Crippen LogP contribution in [0.2, 0.25) is 0 Å². The van der Waals surface area contributed by atoms with Crippen molar-refractivity contribution in [2.45, 2.75) is 6.18 Å². The number of halogens is 3. The maximum atomic E-state index is 12.8. The van der Waals surface area contributed by atoms with Crippen molar-refractivity contribution >= 4 is 17.2 Å². The molecular weight excluding hydrogens is 315 g/mol. The zero-order valence-corrected chi connectivity index (χ0v) is 11.8. The van der Waals surface area contributed by atoms with Crippen LogP contribution in [0.1, 0.15) is 5.56 Å². The van der Waals surface area contributed by atoms with Crippen molar-refractivity contribution in [2.24, 2.45) is 0 Å². The van der Waals surface area contributed by atoms with E-state index in [0.717, 1.165) is 12.1 Å². The SMILES string of the molecule is Nc1oc(-c2cccs2)c(O)c1-c1cccc(C(F)(F)F)c1. The molecule has 2 heterocycles. The van der Waals surface area contributed by atoms with Crippen LogP contribution in [0.3, 0.4) is 0 Å². The molecule has 3 rings (SSSR count). The first kappa shape index (κ1) is 14.5. The standard InChI is InChI=1S/C15H10F3NO2S/c16-15(17,18)9-4-1-3-8(7-9)11-12(20)13(21-14(11)19)10-5-2-6-22-10/h1-7,20H,19H2. The first-order valence-corrected chi connectivity index (χ1v) is 7.08. The highest BCUT2D eigenvalue weighted by molar-refractivity contribution is 7.13. The smallest absolute Gasteiger partial charge is 0.416 e. The summed E-state index contributed by atoms with van der Waals surface area (Å²) in [5.74, 6) is -0.237. The van der Waals surface area contributed by atoms with Crippen LogP contribution in [0.4, 0.5) is 19.1 Å². The molecule has 0 amide bonds. The van der Waals surface area contributed by atoms with E-state index in [2.05, 4.69) is 0 Å². The minimum absolute atomic E-state index is 0.0644. The van der Waals surface area contributed by atoms with Crippen LogP contribution in [0, 0.1) is 0 Å². The molecule has 0 atom stereocenters. The lowest BCUT2D eigenvalue weighted by Crippen LogP contribution is -2.04. The largest absolute Gasteiger partial charge is 0.504 e. The molecule has 0 saturated heterocycles. The number of anilines is 1. The Balaban J connectivity index is 2.14. The van der Waals surface area contributed by atoms with Crippen molar-refractivity contribution in [1.29, 1.82) is 0 Å². The fraction of sp³-hybridized carbons (Fsp3) is 0.0667. The second kappa shape index (κ2) is 5.10. The van der Waals surface area contributed by atoms with Gasteiger partial charge in [0.15, 0.2) is 11.5 Å². The fourth-order valence-electron chi connectivity index (χ4n) is 2.14. The molecular formula is C15H10F3NO2S. The molecule has 114 valence electrons. The second-order valence-corrected chi connectivity index (χ2v) is 5.52. The van der Waals surface area contributed by atoms with E-state index in [1.165, 1.54) is 23.5 Å². The van der Waals surface area contributed by atoms with Crippen LogP contribution < -0.4 is 5.73 Å². The van der Waals surface area contributed by atoms with Gasteiger partial charge < -0.3 is 15.3 Å². The van der Waals surface area contributed by atoms with Crippen LogP contribution in [-0.2, 0) is 6.18 Å². The molecule has 0 fully saturated rings. The summed E-state index contributed by atoms with van der Waals surface area (Å²) in [5, 5.41) is 12.1. The monoisotopic (exact) mass is 325 g/mol. The Hall–Kier alpha value is -2.41. The Bertz CT molecular complexity index is 807. The summed E-state index contributed by atoms with van der Waals surface area (Å²) in [6, 6.07) is 8.07. The first-order valence-electron chi connectivity index (χ1n) is 6.20. The van der Waals surface area contributed by atoms with Gasteiger partial charge in [0.25, 0.3) is 0 Å². The number of thiophene rings is 1. The van der Waals surface area contributed by atoms with E-state index >= 15 is 0 Å². The van der Waals surface area contributed by atoms with Gasteiger partial charge in [0, 0.05) is 0 Å². The van der Waals surface area contributed by atoms with Crippen molar-refractivity contribution in [3.8, 4) is 27.5 Å². The van der Waals surface area contributed by atoms with Gasteiger partial charge in [-0.15, -0.1) is 11.3 Å². The highest BCUT2D eigenvalue weighted by atomic mass is 32.1. The number of rotatable bonds is 2. The van der Waals surface area contributed by atoms with Crippen LogP contribution in [0.5, 0.6) is 5.75 Å². The predicted molar refractivity (Wildman–Crippen MR) is 78.5 cm³/mol. The van der Waals surface area contributed by atoms with Crippen LogP contribution in [0.15, 0.2) is 46.2 Å². The molecule has 3 nitrogen and oxygen atoms in total. The lowest BCUT2D eigenvalue weighted by Gasteiger charge is -2.08. The number of hydrogen-bond acceptors (Lipinski definition) is 4. The fourth-order valence-corrected chi connectivity index (χ4v) is 2.85. The molecule has 22 heavy (non-hydrogen) atoms. The highest BCUT2D eigenvalue weighted by Gasteiger charge is 2.31. The van der Waals surface area contributed by atoms with Gasteiger partial charge in [-0.05, 0) is 29.1 Å². The molecule has 0 unspecified atom stereocenters. The minimum atomic E-state index is -4.47. The van der Waals surface area contributed by atoms with Crippen molar-refractivity contribution in [3.63, 3.8) is 0 Å². The normalized spacial score (nSPS) is 11.8. The maximum absolute atomic E-state index is 12.8. The molecule has 0 radical (unpaired) electrons. The lowest BCUT2D eigenvalue weighted by molar-refractivity contribution is -0.137. The van der Waals surface area contributed by atoms with Crippen molar-refractivity contribution < 1.29 is 22.7 Å². The van der Waals surface area contributed by atoms with Crippen LogP contribution in [0.25, 0.3) is 21.8 Å². The molecule has 3 aromatic rings. The first-order chi connectivity index (χ1) is 10.4. The van der Waals surface area contributed by atoms with Gasteiger partial charge in [0.2, 0.25) is 5.88 Å². The van der Waals surface area contributed by atoms with Gasteiger partial charge in [-0.2, -0.15) is 13.2 Å². The number of aromatic hydroxyl groups is 1. The number of hydrogen-bond donors (Lipinski definition) is 2. The van der Waals surface area contributed by atoms with Crippen molar-refractivity contribution in [3.05, 3.63) is 47.3 Å². The maximum Gasteiger partial charge on any atom is 0.416 e. The number of nitrogens with two attached hydrogens (primary N) is 1. The van der Waals surface area contributed by atoms with Gasteiger partial charge in [-0.3, -0.25) is 0 Å². The Morgan fingerprint density at radius 3 is 2.55 bits per heavy atom. The third kappa shape index (κ3) is 2.43. The third-order valence-electron chi connectivity index (χ3n) is 3.13. The Morgan fingerprint density at radius 2 is 1.91 bits per heavy atom. The molecule has 0 aliphatic carbocycles. The molecule has 0 saturated carbocycles. The summed E-state index contributed by atoms with van der Waals surface area (Å²) in [7, 11) is 0. The van der Waals surface area contributed by atoms with Crippen LogP contribution >= 0.6 is 11.3 Å².